The molecule has 1 unspecified atom stereocenters. The van der Waals surface area contributed by atoms with Crippen LogP contribution in [0.3, 0.4) is 0 Å². The molecule has 0 bridgehead atoms. The average Bonchev–Trinajstić information content (AvgIpc) is 2.38. The monoisotopic (exact) mass is 251 g/mol. The van der Waals surface area contributed by atoms with E-state index in [4.69, 9.17) is 5.73 Å². The van der Waals surface area contributed by atoms with Gasteiger partial charge in [-0.3, -0.25) is 4.79 Å². The largest absolute Gasteiger partial charge is 0.465 e. The zero-order chi connectivity index (χ0) is 13.7. The molecule has 18 heavy (non-hydrogen) atoms. The molecular weight excluding hydrogens is 234 g/mol. The molecule has 0 aliphatic heterocycles. The summed E-state index contributed by atoms with van der Waals surface area (Å²) >= 11 is 0. The maximum Gasteiger partial charge on any atom is 0.340 e. The fraction of sp³-hybridized carbons (Fsp3) is 0.333. The van der Waals surface area contributed by atoms with E-state index >= 15 is 0 Å². The fourth-order valence-corrected chi connectivity index (χ4v) is 1.51. The molecule has 6 heteroatoms. The number of nitrogens with one attached hydrogen (secondary N) is 2. The van der Waals surface area contributed by atoms with Crippen LogP contribution >= 0.6 is 0 Å². The number of nitrogen functional groups attached to an aromatic ring is 1. The smallest absolute Gasteiger partial charge is 0.340 e. The van der Waals surface area contributed by atoms with Crippen LogP contribution in [0.1, 0.15) is 17.3 Å². The number of rotatable bonds is 4. The number of benzene rings is 1. The van der Waals surface area contributed by atoms with Crippen LogP contribution in [0, 0.1) is 0 Å². The Bertz CT molecular complexity index is 460. The number of methoxy groups -OCH3 is 1. The first-order chi connectivity index (χ1) is 8.51. The van der Waals surface area contributed by atoms with Gasteiger partial charge in [0.15, 0.2) is 0 Å². The lowest BCUT2D eigenvalue weighted by molar-refractivity contribution is -0.121. The van der Waals surface area contributed by atoms with Crippen LogP contribution < -0.4 is 16.4 Å². The summed E-state index contributed by atoms with van der Waals surface area (Å²) in [5.41, 5.74) is 6.89. The van der Waals surface area contributed by atoms with Gasteiger partial charge >= 0.3 is 5.97 Å². The van der Waals surface area contributed by atoms with E-state index in [1.54, 1.807) is 25.1 Å². The highest BCUT2D eigenvalue weighted by molar-refractivity contribution is 5.99. The highest BCUT2D eigenvalue weighted by atomic mass is 16.5. The summed E-state index contributed by atoms with van der Waals surface area (Å²) in [6, 6.07) is 4.37. The molecule has 0 saturated heterocycles. The van der Waals surface area contributed by atoms with E-state index < -0.39 is 12.0 Å². The number of amides is 1. The summed E-state index contributed by atoms with van der Waals surface area (Å²) in [4.78, 5) is 23.0. The molecule has 4 N–H and O–H groups in total. The quantitative estimate of drug-likeness (QED) is 0.538. The third-order valence-corrected chi connectivity index (χ3v) is 2.50. The van der Waals surface area contributed by atoms with Crippen molar-refractivity contribution < 1.29 is 14.3 Å². The van der Waals surface area contributed by atoms with Gasteiger partial charge in [-0.25, -0.2) is 4.79 Å². The molecule has 0 aliphatic rings. The van der Waals surface area contributed by atoms with Crippen LogP contribution in [0.25, 0.3) is 0 Å². The Morgan fingerprint density at radius 2 is 2.06 bits per heavy atom. The molecule has 1 aromatic rings. The third-order valence-electron chi connectivity index (χ3n) is 2.50. The second-order valence-electron chi connectivity index (χ2n) is 3.74. The van der Waals surface area contributed by atoms with Crippen molar-refractivity contribution in [2.75, 3.05) is 25.2 Å². The van der Waals surface area contributed by atoms with Crippen LogP contribution in [0.15, 0.2) is 18.2 Å². The number of carbonyl (C=O) groups is 2. The number of likely N-dealkylation sites (N-methyl/N-ethyl adjacent to an activating group) is 1. The molecule has 0 aromatic heterocycles. The lowest BCUT2D eigenvalue weighted by atomic mass is 10.1. The molecule has 1 rings (SSSR count). The van der Waals surface area contributed by atoms with Gasteiger partial charge in [-0.1, -0.05) is 6.07 Å². The van der Waals surface area contributed by atoms with Gasteiger partial charge in [0, 0.05) is 7.05 Å². The van der Waals surface area contributed by atoms with E-state index in [0.29, 0.717) is 16.9 Å². The Labute approximate surface area is 105 Å². The molecular formula is C12H17N3O3. The summed E-state index contributed by atoms with van der Waals surface area (Å²) < 4.78 is 4.67. The predicted octanol–water partition coefficient (Wildman–Crippen LogP) is 0.602. The average molecular weight is 251 g/mol. The summed E-state index contributed by atoms with van der Waals surface area (Å²) in [5, 5.41) is 5.42. The van der Waals surface area contributed by atoms with Crippen molar-refractivity contribution in [1.82, 2.24) is 5.32 Å². The lowest BCUT2D eigenvalue weighted by Crippen LogP contribution is -2.35. The minimum atomic E-state index is -0.511. The van der Waals surface area contributed by atoms with Crippen molar-refractivity contribution in [3.05, 3.63) is 23.8 Å². The number of carbonyl (C=O) groups excluding carboxylic acids is 2. The van der Waals surface area contributed by atoms with E-state index in [1.165, 1.54) is 14.2 Å². The van der Waals surface area contributed by atoms with Crippen molar-refractivity contribution in [1.29, 1.82) is 0 Å². The van der Waals surface area contributed by atoms with Gasteiger partial charge in [-0.15, -0.1) is 0 Å². The first-order valence-corrected chi connectivity index (χ1v) is 5.46. The van der Waals surface area contributed by atoms with Gasteiger partial charge in [0.1, 0.15) is 6.04 Å². The second kappa shape index (κ2) is 5.90. The van der Waals surface area contributed by atoms with E-state index in [2.05, 4.69) is 15.4 Å². The molecule has 0 fully saturated rings. The van der Waals surface area contributed by atoms with Crippen molar-refractivity contribution in [3.8, 4) is 0 Å². The summed E-state index contributed by atoms with van der Waals surface area (Å²) in [7, 11) is 2.83. The summed E-state index contributed by atoms with van der Waals surface area (Å²) in [5.74, 6) is -0.706. The van der Waals surface area contributed by atoms with Crippen LogP contribution in [0.5, 0.6) is 0 Å². The fourth-order valence-electron chi connectivity index (χ4n) is 1.51. The van der Waals surface area contributed by atoms with Crippen LogP contribution in [0.4, 0.5) is 11.4 Å². The molecule has 1 amide bonds. The third kappa shape index (κ3) is 2.91. The Kier molecular flexibility index (Phi) is 4.53. The molecule has 98 valence electrons. The van der Waals surface area contributed by atoms with Crippen molar-refractivity contribution in [2.24, 2.45) is 0 Å². The molecule has 0 aliphatic carbocycles. The molecule has 0 radical (unpaired) electrons. The number of ether oxygens (including phenoxy) is 1. The van der Waals surface area contributed by atoms with Crippen LogP contribution in [-0.4, -0.2) is 32.1 Å². The maximum absolute atomic E-state index is 11.6. The lowest BCUT2D eigenvalue weighted by Gasteiger charge is -2.17. The van der Waals surface area contributed by atoms with E-state index in [0.717, 1.165) is 0 Å². The zero-order valence-corrected chi connectivity index (χ0v) is 10.6. The Hall–Kier alpha value is -2.24. The standard InChI is InChI=1S/C12H17N3O3/c1-7(11(16)14-2)15-10-8(12(17)18-3)5-4-6-9(10)13/h4-7,15H,13H2,1-3H3,(H,14,16). The SMILES string of the molecule is CNC(=O)C(C)Nc1c(N)cccc1C(=O)OC. The van der Waals surface area contributed by atoms with Gasteiger partial charge < -0.3 is 21.1 Å². The molecule has 1 atom stereocenters. The predicted molar refractivity (Wildman–Crippen MR) is 69.3 cm³/mol. The van der Waals surface area contributed by atoms with Crippen molar-refractivity contribution in [3.63, 3.8) is 0 Å². The van der Waals surface area contributed by atoms with Crippen molar-refractivity contribution in [2.45, 2.75) is 13.0 Å². The van der Waals surface area contributed by atoms with Gasteiger partial charge in [0.25, 0.3) is 0 Å². The number of anilines is 2. The molecule has 1 aromatic carbocycles. The minimum Gasteiger partial charge on any atom is -0.465 e. The van der Waals surface area contributed by atoms with Gasteiger partial charge in [-0.05, 0) is 19.1 Å². The number of hydrogen-bond donors (Lipinski definition) is 3. The normalized spacial score (nSPS) is 11.5. The molecule has 0 spiro atoms. The van der Waals surface area contributed by atoms with E-state index in [1.807, 2.05) is 0 Å². The molecule has 0 heterocycles. The van der Waals surface area contributed by atoms with Crippen molar-refractivity contribution >= 4 is 23.3 Å². The highest BCUT2D eigenvalue weighted by Gasteiger charge is 2.18. The van der Waals surface area contributed by atoms with Crippen LogP contribution in [-0.2, 0) is 9.53 Å². The summed E-state index contributed by atoms with van der Waals surface area (Å²) in [6.45, 7) is 1.67. The van der Waals surface area contributed by atoms with Gasteiger partial charge in [-0.2, -0.15) is 0 Å². The highest BCUT2D eigenvalue weighted by Crippen LogP contribution is 2.24. The first-order valence-electron chi connectivity index (χ1n) is 5.46. The molecule has 6 nitrogen and oxygen atoms in total. The Balaban J connectivity index is 3.07. The topological polar surface area (TPSA) is 93.5 Å². The van der Waals surface area contributed by atoms with Crippen LogP contribution in [0.2, 0.25) is 0 Å². The first kappa shape index (κ1) is 13.8. The second-order valence-corrected chi connectivity index (χ2v) is 3.74. The maximum atomic E-state index is 11.6. The van der Waals surface area contributed by atoms with E-state index in [-0.39, 0.29) is 5.91 Å². The van der Waals surface area contributed by atoms with Gasteiger partial charge in [0.05, 0.1) is 24.0 Å². The zero-order valence-electron chi connectivity index (χ0n) is 10.6. The molecule has 0 saturated carbocycles. The number of para-hydroxylation sites is 1. The Morgan fingerprint density at radius 1 is 1.39 bits per heavy atom. The minimum absolute atomic E-state index is 0.200. The Morgan fingerprint density at radius 3 is 2.61 bits per heavy atom. The number of nitrogens with two attached hydrogens (primary N) is 1. The number of hydrogen-bond acceptors (Lipinski definition) is 5. The van der Waals surface area contributed by atoms with Gasteiger partial charge in [0.2, 0.25) is 5.91 Å². The number of esters is 1. The summed E-state index contributed by atoms with van der Waals surface area (Å²) in [6.07, 6.45) is 0. The van der Waals surface area contributed by atoms with E-state index in [9.17, 15) is 9.59 Å².